The fraction of sp³-hybridized carbons (Fsp3) is 0.636. The number of nitrogens with one attached hydrogen (secondary N) is 1. The number of nitrogen functional groups attached to an aromatic ring is 1. The lowest BCUT2D eigenvalue weighted by atomic mass is 10.2. The Labute approximate surface area is 106 Å². The minimum Gasteiger partial charge on any atom is -0.490 e. The van der Waals surface area contributed by atoms with Gasteiger partial charge in [-0.1, -0.05) is 0 Å². The van der Waals surface area contributed by atoms with Crippen molar-refractivity contribution in [3.8, 4) is 5.75 Å². The minimum absolute atomic E-state index is 0.162. The monoisotopic (exact) mass is 253 g/mol. The van der Waals surface area contributed by atoms with Crippen LogP contribution in [0, 0.1) is 0 Å². The Morgan fingerprint density at radius 3 is 2.94 bits per heavy atom. The molecule has 1 fully saturated rings. The highest BCUT2D eigenvalue weighted by Crippen LogP contribution is 2.33. The molecule has 0 amide bonds. The van der Waals surface area contributed by atoms with Gasteiger partial charge in [-0.15, -0.1) is 0 Å². The summed E-state index contributed by atoms with van der Waals surface area (Å²) in [5.74, 6) is 7.20. The summed E-state index contributed by atoms with van der Waals surface area (Å²) in [5.41, 5.74) is 2.52. The van der Waals surface area contributed by atoms with Crippen LogP contribution in [0.2, 0.25) is 0 Å². The van der Waals surface area contributed by atoms with Crippen molar-refractivity contribution in [2.75, 3.05) is 30.6 Å². The largest absolute Gasteiger partial charge is 0.490 e. The number of methoxy groups -OCH3 is 1. The number of rotatable bonds is 3. The van der Waals surface area contributed by atoms with Crippen molar-refractivity contribution in [3.05, 3.63) is 6.33 Å². The summed E-state index contributed by atoms with van der Waals surface area (Å²) in [6, 6.07) is 0.232. The zero-order valence-electron chi connectivity index (χ0n) is 10.9. The Morgan fingerprint density at radius 1 is 1.50 bits per heavy atom. The molecular weight excluding hydrogens is 234 g/mol. The van der Waals surface area contributed by atoms with Crippen LogP contribution in [0.25, 0.3) is 0 Å². The van der Waals surface area contributed by atoms with Crippen molar-refractivity contribution in [2.24, 2.45) is 5.84 Å². The van der Waals surface area contributed by atoms with E-state index in [1.165, 1.54) is 6.33 Å². The standard InChI is InChI=1S/C11H19N5O2/c1-7-5-18-8(2)4-16(7)11-9(17-3)10(15-12)13-6-14-11/h6-8H,4-5,12H2,1-3H3,(H,13,14,15). The van der Waals surface area contributed by atoms with E-state index in [1.807, 2.05) is 6.92 Å². The van der Waals surface area contributed by atoms with E-state index in [4.69, 9.17) is 15.3 Å². The lowest BCUT2D eigenvalue weighted by molar-refractivity contribution is 0.0338. The van der Waals surface area contributed by atoms with Gasteiger partial charge in [-0.25, -0.2) is 15.8 Å². The molecule has 2 heterocycles. The first-order chi connectivity index (χ1) is 8.67. The van der Waals surface area contributed by atoms with Crippen molar-refractivity contribution in [1.82, 2.24) is 9.97 Å². The van der Waals surface area contributed by atoms with Crippen LogP contribution in [0.15, 0.2) is 6.33 Å². The highest BCUT2D eigenvalue weighted by atomic mass is 16.5. The summed E-state index contributed by atoms with van der Waals surface area (Å²) in [6.07, 6.45) is 1.63. The first kappa shape index (κ1) is 12.8. The van der Waals surface area contributed by atoms with Crippen molar-refractivity contribution < 1.29 is 9.47 Å². The molecule has 2 rings (SSSR count). The van der Waals surface area contributed by atoms with Gasteiger partial charge >= 0.3 is 0 Å². The quantitative estimate of drug-likeness (QED) is 0.595. The van der Waals surface area contributed by atoms with Crippen LogP contribution in [0.3, 0.4) is 0 Å². The van der Waals surface area contributed by atoms with Gasteiger partial charge in [0.15, 0.2) is 11.6 Å². The molecule has 1 aromatic heterocycles. The van der Waals surface area contributed by atoms with Gasteiger partial charge < -0.3 is 19.8 Å². The smallest absolute Gasteiger partial charge is 0.205 e. The molecule has 2 unspecified atom stereocenters. The normalized spacial score (nSPS) is 23.9. The van der Waals surface area contributed by atoms with E-state index in [9.17, 15) is 0 Å². The Kier molecular flexibility index (Phi) is 3.83. The molecular formula is C11H19N5O2. The van der Waals surface area contributed by atoms with E-state index in [1.54, 1.807) is 7.11 Å². The predicted molar refractivity (Wildman–Crippen MR) is 68.6 cm³/mol. The molecule has 0 radical (unpaired) electrons. The number of aromatic nitrogens is 2. The maximum Gasteiger partial charge on any atom is 0.205 e. The van der Waals surface area contributed by atoms with E-state index in [0.717, 1.165) is 12.4 Å². The van der Waals surface area contributed by atoms with E-state index in [2.05, 4.69) is 27.2 Å². The van der Waals surface area contributed by atoms with Crippen LogP contribution in [0.4, 0.5) is 11.6 Å². The molecule has 2 atom stereocenters. The van der Waals surface area contributed by atoms with Crippen LogP contribution in [0.1, 0.15) is 13.8 Å². The highest BCUT2D eigenvalue weighted by molar-refractivity contribution is 5.64. The van der Waals surface area contributed by atoms with E-state index < -0.39 is 0 Å². The van der Waals surface area contributed by atoms with E-state index in [-0.39, 0.29) is 12.1 Å². The lowest BCUT2D eigenvalue weighted by Gasteiger charge is -2.38. The number of hydrogen-bond acceptors (Lipinski definition) is 7. The highest BCUT2D eigenvalue weighted by Gasteiger charge is 2.28. The molecule has 0 bridgehead atoms. The van der Waals surface area contributed by atoms with Crippen LogP contribution < -0.4 is 20.9 Å². The van der Waals surface area contributed by atoms with Gasteiger partial charge in [0, 0.05) is 6.54 Å². The summed E-state index contributed by atoms with van der Waals surface area (Å²) in [5, 5.41) is 0. The Balaban J connectivity index is 2.36. The van der Waals surface area contributed by atoms with Crippen LogP contribution >= 0.6 is 0 Å². The molecule has 18 heavy (non-hydrogen) atoms. The second-order valence-electron chi connectivity index (χ2n) is 4.37. The van der Waals surface area contributed by atoms with Gasteiger partial charge in [0.1, 0.15) is 6.33 Å². The van der Waals surface area contributed by atoms with Gasteiger partial charge in [0.25, 0.3) is 0 Å². The fourth-order valence-corrected chi connectivity index (χ4v) is 2.06. The zero-order valence-corrected chi connectivity index (χ0v) is 10.9. The van der Waals surface area contributed by atoms with E-state index >= 15 is 0 Å². The molecule has 1 aliphatic rings. The zero-order chi connectivity index (χ0) is 13.1. The van der Waals surface area contributed by atoms with Crippen LogP contribution in [0.5, 0.6) is 5.75 Å². The van der Waals surface area contributed by atoms with Crippen LogP contribution in [-0.4, -0.2) is 42.4 Å². The molecule has 7 nitrogen and oxygen atoms in total. The topological polar surface area (TPSA) is 85.5 Å². The third kappa shape index (κ3) is 2.32. The van der Waals surface area contributed by atoms with Gasteiger partial charge in [0.05, 0.1) is 25.9 Å². The molecule has 0 spiro atoms. The maximum absolute atomic E-state index is 5.61. The van der Waals surface area contributed by atoms with Gasteiger partial charge in [-0.2, -0.15) is 0 Å². The number of nitrogens with two attached hydrogens (primary N) is 1. The molecule has 1 aliphatic heterocycles. The summed E-state index contributed by atoms with van der Waals surface area (Å²) >= 11 is 0. The van der Waals surface area contributed by atoms with Gasteiger partial charge in [0.2, 0.25) is 5.75 Å². The molecule has 100 valence electrons. The number of hydrogen-bond donors (Lipinski definition) is 2. The second-order valence-corrected chi connectivity index (χ2v) is 4.37. The van der Waals surface area contributed by atoms with Gasteiger partial charge in [-0.3, -0.25) is 0 Å². The Bertz CT molecular complexity index is 414. The molecule has 1 saturated heterocycles. The number of hydrazine groups is 1. The summed E-state index contributed by atoms with van der Waals surface area (Å²) < 4.78 is 11.0. The molecule has 1 aromatic rings. The first-order valence-electron chi connectivity index (χ1n) is 5.91. The lowest BCUT2D eigenvalue weighted by Crippen LogP contribution is -2.48. The number of ether oxygens (including phenoxy) is 2. The average molecular weight is 253 g/mol. The number of anilines is 2. The second kappa shape index (κ2) is 5.36. The first-order valence-corrected chi connectivity index (χ1v) is 5.91. The van der Waals surface area contributed by atoms with Gasteiger partial charge in [-0.05, 0) is 13.8 Å². The summed E-state index contributed by atoms with van der Waals surface area (Å²) in [6.45, 7) is 5.55. The molecule has 0 saturated carbocycles. The third-order valence-electron chi connectivity index (χ3n) is 3.01. The summed E-state index contributed by atoms with van der Waals surface area (Å²) in [7, 11) is 1.58. The SMILES string of the molecule is COc1c(NN)ncnc1N1CC(C)OCC1C. The fourth-order valence-electron chi connectivity index (χ4n) is 2.06. The minimum atomic E-state index is 0.162. The van der Waals surface area contributed by atoms with Crippen molar-refractivity contribution >= 4 is 11.6 Å². The van der Waals surface area contributed by atoms with Crippen molar-refractivity contribution in [3.63, 3.8) is 0 Å². The number of morpholine rings is 1. The molecule has 0 aromatic carbocycles. The number of nitrogens with zero attached hydrogens (tertiary/aromatic N) is 3. The van der Waals surface area contributed by atoms with E-state index in [0.29, 0.717) is 18.2 Å². The van der Waals surface area contributed by atoms with Crippen LogP contribution in [-0.2, 0) is 4.74 Å². The molecule has 0 aliphatic carbocycles. The molecule has 7 heteroatoms. The third-order valence-corrected chi connectivity index (χ3v) is 3.01. The Morgan fingerprint density at radius 2 is 2.28 bits per heavy atom. The van der Waals surface area contributed by atoms with Crippen molar-refractivity contribution in [2.45, 2.75) is 26.0 Å². The maximum atomic E-state index is 5.61. The molecule has 3 N–H and O–H groups in total. The average Bonchev–Trinajstić information content (AvgIpc) is 2.40. The predicted octanol–water partition coefficient (Wildman–Crippen LogP) is 0.384. The summed E-state index contributed by atoms with van der Waals surface area (Å²) in [4.78, 5) is 10.5. The van der Waals surface area contributed by atoms with Crippen molar-refractivity contribution in [1.29, 1.82) is 0 Å². The Hall–Kier alpha value is -1.60.